The van der Waals surface area contributed by atoms with Crippen molar-refractivity contribution in [2.75, 3.05) is 5.32 Å². The van der Waals surface area contributed by atoms with Crippen LogP contribution in [0.2, 0.25) is 0 Å². The maximum Gasteiger partial charge on any atom is 0.338 e. The Labute approximate surface area is 230 Å². The largest absolute Gasteiger partial charge is 0.449 e. The maximum atomic E-state index is 12.9. The monoisotopic (exact) mass is 552 g/mol. The third-order valence-electron chi connectivity index (χ3n) is 6.10. The molecule has 0 saturated carbocycles. The number of esters is 1. The molecule has 1 atom stereocenters. The molecule has 1 aromatic heterocycles. The Morgan fingerprint density at radius 1 is 0.775 bits per heavy atom. The molecule has 0 aliphatic rings. The van der Waals surface area contributed by atoms with Crippen LogP contribution in [-0.2, 0) is 19.6 Å². The normalized spacial score (nSPS) is 12.1. The first kappa shape index (κ1) is 26.7. The van der Waals surface area contributed by atoms with Gasteiger partial charge < -0.3 is 10.1 Å². The molecule has 9 nitrogen and oxygen atoms in total. The minimum absolute atomic E-state index is 0.0873. The Morgan fingerprint density at radius 2 is 1.32 bits per heavy atom. The number of hydrogen-bond acceptors (Lipinski definition) is 7. The highest BCUT2D eigenvalue weighted by molar-refractivity contribution is 7.89. The molecule has 0 spiro atoms. The molecular formula is C30H24N4O5S. The van der Waals surface area contributed by atoms with Crippen LogP contribution in [0.15, 0.2) is 108 Å². The number of sulfonamides is 1. The first-order valence-corrected chi connectivity index (χ1v) is 13.8. The molecule has 200 valence electrons. The second-order valence-corrected chi connectivity index (χ2v) is 10.5. The summed E-state index contributed by atoms with van der Waals surface area (Å²) >= 11 is 0. The number of carbonyl (C=O) groups is 2. The molecule has 0 saturated heterocycles. The van der Waals surface area contributed by atoms with Gasteiger partial charge in [0, 0.05) is 16.8 Å². The lowest BCUT2D eigenvalue weighted by molar-refractivity contribution is -0.123. The van der Waals surface area contributed by atoms with E-state index in [-0.39, 0.29) is 10.5 Å². The van der Waals surface area contributed by atoms with E-state index in [1.807, 2.05) is 60.7 Å². The Kier molecular flexibility index (Phi) is 7.37. The van der Waals surface area contributed by atoms with Gasteiger partial charge in [0.25, 0.3) is 5.91 Å². The average Bonchev–Trinajstić information content (AvgIpc) is 2.96. The molecule has 0 bridgehead atoms. The zero-order valence-electron chi connectivity index (χ0n) is 21.3. The van der Waals surface area contributed by atoms with E-state index in [0.29, 0.717) is 22.4 Å². The lowest BCUT2D eigenvalue weighted by Gasteiger charge is -2.14. The van der Waals surface area contributed by atoms with Crippen LogP contribution in [0.4, 0.5) is 5.69 Å². The van der Waals surface area contributed by atoms with Crippen molar-refractivity contribution >= 4 is 38.6 Å². The van der Waals surface area contributed by atoms with Gasteiger partial charge in [-0.25, -0.2) is 28.3 Å². The highest BCUT2D eigenvalue weighted by Crippen LogP contribution is 2.31. The number of nitrogens with one attached hydrogen (secondary N) is 1. The van der Waals surface area contributed by atoms with Crippen molar-refractivity contribution in [1.29, 1.82) is 0 Å². The van der Waals surface area contributed by atoms with Crippen molar-refractivity contribution in [2.24, 2.45) is 5.14 Å². The van der Waals surface area contributed by atoms with E-state index in [1.54, 1.807) is 18.2 Å². The summed E-state index contributed by atoms with van der Waals surface area (Å²) in [5.41, 5.74) is 4.82. The van der Waals surface area contributed by atoms with Crippen LogP contribution in [0.3, 0.4) is 0 Å². The number of primary sulfonamides is 1. The summed E-state index contributed by atoms with van der Waals surface area (Å²) in [6, 6.07) is 29.6. The molecule has 1 unspecified atom stereocenters. The first-order valence-electron chi connectivity index (χ1n) is 12.3. The summed E-state index contributed by atoms with van der Waals surface area (Å²) in [5.74, 6) is -1.29. The van der Waals surface area contributed by atoms with Gasteiger partial charge in [0.05, 0.1) is 32.9 Å². The van der Waals surface area contributed by atoms with Crippen molar-refractivity contribution in [3.05, 3.63) is 109 Å². The highest BCUT2D eigenvalue weighted by Gasteiger charge is 2.21. The summed E-state index contributed by atoms with van der Waals surface area (Å²) in [6.45, 7) is 1.44. The van der Waals surface area contributed by atoms with Gasteiger partial charge in [0.2, 0.25) is 10.0 Å². The summed E-state index contributed by atoms with van der Waals surface area (Å²) in [4.78, 5) is 35.1. The number of amides is 1. The molecule has 4 aromatic carbocycles. The molecule has 10 heteroatoms. The fourth-order valence-corrected chi connectivity index (χ4v) is 4.55. The second-order valence-electron chi connectivity index (χ2n) is 8.96. The van der Waals surface area contributed by atoms with Crippen molar-refractivity contribution in [3.63, 3.8) is 0 Å². The Hall–Kier alpha value is -4.93. The topological polar surface area (TPSA) is 141 Å². The summed E-state index contributed by atoms with van der Waals surface area (Å²) in [7, 11) is -3.85. The molecule has 5 aromatic rings. The number of rotatable bonds is 7. The van der Waals surface area contributed by atoms with E-state index in [9.17, 15) is 18.0 Å². The molecular weight excluding hydrogens is 528 g/mol. The molecule has 0 fully saturated rings. The van der Waals surface area contributed by atoms with Crippen LogP contribution in [-0.4, -0.2) is 36.4 Å². The number of aromatic nitrogens is 2. The molecule has 3 N–H and O–H groups in total. The van der Waals surface area contributed by atoms with Gasteiger partial charge in [-0.3, -0.25) is 4.79 Å². The smallest absolute Gasteiger partial charge is 0.338 e. The number of ether oxygens (including phenoxy) is 1. The van der Waals surface area contributed by atoms with E-state index < -0.39 is 28.0 Å². The van der Waals surface area contributed by atoms with Gasteiger partial charge in [0.15, 0.2) is 6.10 Å². The fourth-order valence-electron chi connectivity index (χ4n) is 4.03. The van der Waals surface area contributed by atoms with Crippen molar-refractivity contribution < 1.29 is 22.7 Å². The maximum absolute atomic E-state index is 12.9. The molecule has 1 heterocycles. The van der Waals surface area contributed by atoms with E-state index in [1.165, 1.54) is 31.2 Å². The van der Waals surface area contributed by atoms with Gasteiger partial charge in [-0.05, 0) is 49.4 Å². The van der Waals surface area contributed by atoms with E-state index in [4.69, 9.17) is 19.8 Å². The third-order valence-corrected chi connectivity index (χ3v) is 7.03. The van der Waals surface area contributed by atoms with Gasteiger partial charge >= 0.3 is 5.97 Å². The van der Waals surface area contributed by atoms with Gasteiger partial charge in [-0.15, -0.1) is 0 Å². The number of nitrogens with two attached hydrogens (primary N) is 1. The minimum atomic E-state index is -3.85. The summed E-state index contributed by atoms with van der Waals surface area (Å²) < 4.78 is 28.2. The van der Waals surface area contributed by atoms with E-state index >= 15 is 0 Å². The van der Waals surface area contributed by atoms with Crippen LogP contribution in [0.5, 0.6) is 0 Å². The van der Waals surface area contributed by atoms with Gasteiger partial charge in [0.1, 0.15) is 0 Å². The molecule has 0 aliphatic heterocycles. The van der Waals surface area contributed by atoms with Crippen LogP contribution in [0.1, 0.15) is 17.3 Å². The Bertz CT molecular complexity index is 1810. The van der Waals surface area contributed by atoms with Crippen molar-refractivity contribution in [2.45, 2.75) is 17.9 Å². The zero-order chi connectivity index (χ0) is 28.3. The van der Waals surface area contributed by atoms with Crippen LogP contribution in [0, 0.1) is 0 Å². The second kappa shape index (κ2) is 11.0. The average molecular weight is 553 g/mol. The number of benzene rings is 4. The molecule has 5 rings (SSSR count). The van der Waals surface area contributed by atoms with Crippen molar-refractivity contribution in [3.8, 4) is 22.5 Å². The SMILES string of the molecule is CC(OC(=O)c1ccc2nc(-c3ccccc3)c(-c3ccccc3)nc2c1)C(=O)Nc1ccc(S(N)(=O)=O)cc1. The fraction of sp³-hybridized carbons (Fsp3) is 0.0667. The molecule has 40 heavy (non-hydrogen) atoms. The Balaban J connectivity index is 1.38. The minimum Gasteiger partial charge on any atom is -0.449 e. The number of carbonyl (C=O) groups excluding carboxylic acids is 2. The quantitative estimate of drug-likeness (QED) is 0.276. The summed E-state index contributed by atoms with van der Waals surface area (Å²) in [6.07, 6.45) is -1.13. The Morgan fingerprint density at radius 3 is 1.88 bits per heavy atom. The van der Waals surface area contributed by atoms with Gasteiger partial charge in [-0.1, -0.05) is 60.7 Å². The predicted octanol–water partition coefficient (Wildman–Crippen LogP) is 4.80. The van der Waals surface area contributed by atoms with Crippen LogP contribution >= 0.6 is 0 Å². The van der Waals surface area contributed by atoms with Gasteiger partial charge in [-0.2, -0.15) is 0 Å². The molecule has 1 amide bonds. The standard InChI is InChI=1S/C30H24N4O5S/c1-19(29(35)32-23-13-15-24(16-14-23)40(31,37)38)39-30(36)22-12-17-25-26(18-22)34-28(21-10-6-3-7-11-21)27(33-25)20-8-4-2-5-9-20/h2-19H,1H3,(H,32,35)(H2,31,37,38). The van der Waals surface area contributed by atoms with Crippen LogP contribution in [0.25, 0.3) is 33.5 Å². The number of nitrogens with zero attached hydrogens (tertiary/aromatic N) is 2. The van der Waals surface area contributed by atoms with Crippen LogP contribution < -0.4 is 10.5 Å². The van der Waals surface area contributed by atoms with Crippen molar-refractivity contribution in [1.82, 2.24) is 9.97 Å². The number of anilines is 1. The lowest BCUT2D eigenvalue weighted by atomic mass is 10.0. The molecule has 0 aliphatic carbocycles. The number of fused-ring (bicyclic) bond motifs is 1. The predicted molar refractivity (Wildman–Crippen MR) is 152 cm³/mol. The first-order chi connectivity index (χ1) is 19.2. The van der Waals surface area contributed by atoms with E-state index in [0.717, 1.165) is 16.8 Å². The third kappa shape index (κ3) is 5.88. The highest BCUT2D eigenvalue weighted by atomic mass is 32.2. The zero-order valence-corrected chi connectivity index (χ0v) is 22.1. The molecule has 0 radical (unpaired) electrons. The summed E-state index contributed by atoms with van der Waals surface area (Å²) in [5, 5.41) is 7.67. The van der Waals surface area contributed by atoms with E-state index in [2.05, 4.69) is 5.32 Å². The number of hydrogen-bond donors (Lipinski definition) is 2. The lowest BCUT2D eigenvalue weighted by Crippen LogP contribution is -2.30.